The van der Waals surface area contributed by atoms with Crippen LogP contribution in [0, 0.1) is 28.6 Å². The fourth-order valence-electron chi connectivity index (χ4n) is 2.33. The Hall–Kier alpha value is -1.83. The second-order valence-corrected chi connectivity index (χ2v) is 6.99. The Morgan fingerprint density at radius 1 is 1.21 bits per heavy atom. The van der Waals surface area contributed by atoms with Gasteiger partial charge in [-0.2, -0.15) is 10.5 Å². The highest BCUT2D eigenvalue weighted by Gasteiger charge is 2.52. The first-order valence-electron chi connectivity index (χ1n) is 8.24. The number of nitrogens with two attached hydrogens (primary N) is 1. The Balaban J connectivity index is 2.70. The van der Waals surface area contributed by atoms with Crippen molar-refractivity contribution in [1.29, 1.82) is 10.5 Å². The molecule has 1 fully saturated rings. The molecule has 1 heterocycles. The van der Waals surface area contributed by atoms with E-state index in [4.69, 9.17) is 25.6 Å². The molecular weight excluding hydrogens is 303 g/mol. The summed E-state index contributed by atoms with van der Waals surface area (Å²) in [7, 11) is -0.547. The molecule has 0 saturated carbocycles. The van der Waals surface area contributed by atoms with Gasteiger partial charge in [-0.3, -0.25) is 4.99 Å². The van der Waals surface area contributed by atoms with Gasteiger partial charge in [-0.15, -0.1) is 0 Å². The van der Waals surface area contributed by atoms with Gasteiger partial charge in [0.05, 0.1) is 23.3 Å². The number of allylic oxidation sites excluding steroid dienone is 1. The van der Waals surface area contributed by atoms with E-state index in [1.807, 2.05) is 34.6 Å². The normalized spacial score (nSPS) is 21.2. The highest BCUT2D eigenvalue weighted by atomic mass is 16.7. The average Bonchev–Trinajstić information content (AvgIpc) is 2.71. The lowest BCUT2D eigenvalue weighted by Gasteiger charge is -2.32. The molecule has 1 atom stereocenters. The van der Waals surface area contributed by atoms with Crippen molar-refractivity contribution in [1.82, 2.24) is 0 Å². The van der Waals surface area contributed by atoms with Crippen molar-refractivity contribution < 1.29 is 9.31 Å². The maximum absolute atomic E-state index is 9.08. The summed E-state index contributed by atoms with van der Waals surface area (Å²) in [6.45, 7) is 10.3. The van der Waals surface area contributed by atoms with Gasteiger partial charge in [0.2, 0.25) is 0 Å². The highest BCUT2D eigenvalue weighted by Crippen LogP contribution is 2.38. The second-order valence-electron chi connectivity index (χ2n) is 6.99. The van der Waals surface area contributed by atoms with Crippen molar-refractivity contribution >= 4 is 12.8 Å². The first-order valence-corrected chi connectivity index (χ1v) is 8.24. The van der Waals surface area contributed by atoms with Crippen molar-refractivity contribution in [2.24, 2.45) is 16.6 Å². The number of aliphatic imine (C=N–C) groups is 1. The van der Waals surface area contributed by atoms with Crippen LogP contribution in [0.1, 0.15) is 53.9 Å². The van der Waals surface area contributed by atoms with Gasteiger partial charge in [0, 0.05) is 30.1 Å². The van der Waals surface area contributed by atoms with Crippen LogP contribution >= 0.6 is 0 Å². The highest BCUT2D eigenvalue weighted by molar-refractivity contribution is 6.62. The predicted octanol–water partition coefficient (Wildman–Crippen LogP) is 2.75. The van der Waals surface area contributed by atoms with E-state index in [9.17, 15) is 0 Å². The molecule has 0 spiro atoms. The molecule has 0 aromatic heterocycles. The maximum atomic E-state index is 9.08. The SMILES string of the molecule is CC(=NCCC(C#N)CCC#N)/C(=C\N)B1OC(C)(C)C(C)(C)O1. The van der Waals surface area contributed by atoms with Gasteiger partial charge in [-0.1, -0.05) is 0 Å². The number of hydrogen-bond donors (Lipinski definition) is 1. The lowest BCUT2D eigenvalue weighted by molar-refractivity contribution is 0.00578. The van der Waals surface area contributed by atoms with Crippen LogP contribution in [0.4, 0.5) is 0 Å². The van der Waals surface area contributed by atoms with Gasteiger partial charge in [-0.05, 0) is 53.7 Å². The van der Waals surface area contributed by atoms with Gasteiger partial charge in [0.1, 0.15) is 0 Å². The van der Waals surface area contributed by atoms with Gasteiger partial charge in [0.25, 0.3) is 0 Å². The van der Waals surface area contributed by atoms with E-state index in [0.29, 0.717) is 31.3 Å². The average molecular weight is 330 g/mol. The van der Waals surface area contributed by atoms with Crippen molar-refractivity contribution in [2.45, 2.75) is 65.1 Å². The largest absolute Gasteiger partial charge is 0.498 e. The maximum Gasteiger partial charge on any atom is 0.498 e. The minimum absolute atomic E-state index is 0.150. The van der Waals surface area contributed by atoms with Crippen molar-refractivity contribution in [3.05, 3.63) is 11.7 Å². The molecular formula is C17H27BN4O2. The zero-order chi connectivity index (χ0) is 18.4. The molecule has 0 bridgehead atoms. The Labute approximate surface area is 145 Å². The van der Waals surface area contributed by atoms with E-state index in [0.717, 1.165) is 5.71 Å². The molecule has 1 aliphatic rings. The number of nitrogens with zero attached hydrogens (tertiary/aromatic N) is 3. The summed E-state index contributed by atoms with van der Waals surface area (Å²) in [5, 5.41) is 17.7. The monoisotopic (exact) mass is 330 g/mol. The Morgan fingerprint density at radius 2 is 1.79 bits per heavy atom. The van der Waals surface area contributed by atoms with Crippen LogP contribution in [-0.4, -0.2) is 30.6 Å². The lowest BCUT2D eigenvalue weighted by atomic mass is 9.76. The van der Waals surface area contributed by atoms with Crippen molar-refractivity contribution in [3.8, 4) is 12.1 Å². The molecule has 7 heteroatoms. The minimum Gasteiger partial charge on any atom is -0.405 e. The summed E-state index contributed by atoms with van der Waals surface area (Å²) in [5.41, 5.74) is 6.34. The minimum atomic E-state index is -0.547. The van der Waals surface area contributed by atoms with Gasteiger partial charge in [0.15, 0.2) is 0 Å². The third kappa shape index (κ3) is 4.83. The smallest absolute Gasteiger partial charge is 0.405 e. The van der Waals surface area contributed by atoms with Crippen LogP contribution in [0.25, 0.3) is 0 Å². The lowest BCUT2D eigenvalue weighted by Crippen LogP contribution is -2.41. The molecule has 1 aliphatic heterocycles. The standard InChI is InChI=1S/C17H27BN4O2/c1-13(22-10-8-14(11-20)7-6-9-19)15(12-21)18-23-16(2,3)17(4,5)24-18/h12,14H,6-8,10,21H2,1-5H3/b15-12+,22-13?. The van der Waals surface area contributed by atoms with Gasteiger partial charge < -0.3 is 15.0 Å². The first kappa shape index (κ1) is 20.2. The zero-order valence-electron chi connectivity index (χ0n) is 15.3. The summed E-state index contributed by atoms with van der Waals surface area (Å²) in [6, 6.07) is 4.29. The molecule has 24 heavy (non-hydrogen) atoms. The van der Waals surface area contributed by atoms with Gasteiger partial charge in [-0.25, -0.2) is 0 Å². The third-order valence-corrected chi connectivity index (χ3v) is 4.72. The van der Waals surface area contributed by atoms with E-state index >= 15 is 0 Å². The molecule has 0 aliphatic carbocycles. The van der Waals surface area contributed by atoms with Crippen LogP contribution in [0.15, 0.2) is 16.7 Å². The molecule has 0 amide bonds. The molecule has 1 saturated heterocycles. The predicted molar refractivity (Wildman–Crippen MR) is 94.9 cm³/mol. The van der Waals surface area contributed by atoms with Gasteiger partial charge >= 0.3 is 7.12 Å². The van der Waals surface area contributed by atoms with Crippen LogP contribution in [0.3, 0.4) is 0 Å². The Morgan fingerprint density at radius 3 is 2.25 bits per heavy atom. The first-order chi connectivity index (χ1) is 11.2. The topological polar surface area (TPSA) is 104 Å². The van der Waals surface area contributed by atoms with E-state index in [2.05, 4.69) is 17.1 Å². The molecule has 1 rings (SSSR count). The summed E-state index contributed by atoms with van der Waals surface area (Å²) >= 11 is 0. The molecule has 0 aromatic rings. The Bertz CT molecular complexity index is 568. The summed E-state index contributed by atoms with van der Waals surface area (Å²) in [4.78, 5) is 4.51. The zero-order valence-corrected chi connectivity index (χ0v) is 15.3. The van der Waals surface area contributed by atoms with Crippen LogP contribution in [0.5, 0.6) is 0 Å². The molecule has 0 aromatic carbocycles. The van der Waals surface area contributed by atoms with Crippen molar-refractivity contribution in [2.75, 3.05) is 6.54 Å². The molecule has 6 nitrogen and oxygen atoms in total. The molecule has 0 radical (unpaired) electrons. The van der Waals surface area contributed by atoms with E-state index in [1.54, 1.807) is 0 Å². The number of hydrogen-bond acceptors (Lipinski definition) is 6. The summed E-state index contributed by atoms with van der Waals surface area (Å²) < 4.78 is 12.0. The quantitative estimate of drug-likeness (QED) is 0.571. The van der Waals surface area contributed by atoms with E-state index in [-0.39, 0.29) is 5.92 Å². The van der Waals surface area contributed by atoms with Crippen LogP contribution in [-0.2, 0) is 9.31 Å². The van der Waals surface area contributed by atoms with Crippen molar-refractivity contribution in [3.63, 3.8) is 0 Å². The van der Waals surface area contributed by atoms with E-state index in [1.165, 1.54) is 6.20 Å². The number of nitriles is 2. The Kier molecular flexibility index (Phi) is 7.01. The fourth-order valence-corrected chi connectivity index (χ4v) is 2.33. The van der Waals surface area contributed by atoms with Crippen LogP contribution < -0.4 is 5.73 Å². The third-order valence-electron chi connectivity index (χ3n) is 4.72. The molecule has 130 valence electrons. The number of rotatable bonds is 7. The van der Waals surface area contributed by atoms with E-state index < -0.39 is 18.3 Å². The molecule has 2 N–H and O–H groups in total. The van der Waals surface area contributed by atoms with Crippen LogP contribution in [0.2, 0.25) is 0 Å². The molecule has 1 unspecified atom stereocenters. The summed E-state index contributed by atoms with van der Waals surface area (Å²) in [5.74, 6) is -0.150. The fraction of sp³-hybridized carbons (Fsp3) is 0.706. The second kappa shape index (κ2) is 8.33. The summed E-state index contributed by atoms with van der Waals surface area (Å²) in [6.07, 6.45) is 3.07.